The van der Waals surface area contributed by atoms with Gasteiger partial charge in [0, 0.05) is 38.8 Å². The summed E-state index contributed by atoms with van der Waals surface area (Å²) >= 11 is 6.15. The van der Waals surface area contributed by atoms with Gasteiger partial charge in [-0.15, -0.1) is 0 Å². The molecule has 2 aromatic carbocycles. The van der Waals surface area contributed by atoms with E-state index in [1.165, 1.54) is 41.1 Å². The van der Waals surface area contributed by atoms with E-state index in [4.69, 9.17) is 11.6 Å². The molecule has 0 aliphatic rings. The van der Waals surface area contributed by atoms with E-state index in [1.54, 1.807) is 0 Å². The Hall–Kier alpha value is -3.57. The molecule has 176 valence electrons. The van der Waals surface area contributed by atoms with Crippen LogP contribution in [-0.2, 0) is 16.6 Å². The van der Waals surface area contributed by atoms with Crippen molar-refractivity contribution >= 4 is 38.4 Å². The minimum Gasteiger partial charge on any atom is -0.331 e. The van der Waals surface area contributed by atoms with Gasteiger partial charge in [0.2, 0.25) is 10.0 Å². The Morgan fingerprint density at radius 3 is 2.53 bits per heavy atom. The number of carbonyl (C=O) groups excluding carboxylic acids is 1. The van der Waals surface area contributed by atoms with Crippen LogP contribution in [0.3, 0.4) is 0 Å². The lowest BCUT2D eigenvalue weighted by Crippen LogP contribution is -2.32. The van der Waals surface area contributed by atoms with Crippen molar-refractivity contribution in [3.63, 3.8) is 0 Å². The third-order valence-corrected chi connectivity index (χ3v) is 5.84. The number of aromatic amines is 1. The van der Waals surface area contributed by atoms with Gasteiger partial charge in [0.15, 0.2) is 17.5 Å². The van der Waals surface area contributed by atoms with Gasteiger partial charge in [0.05, 0.1) is 12.8 Å². The van der Waals surface area contributed by atoms with Crippen LogP contribution in [-0.4, -0.2) is 30.1 Å². The molecule has 0 saturated carbocycles. The minimum absolute atomic E-state index is 0.0120. The number of aromatic nitrogens is 2. The predicted molar refractivity (Wildman–Crippen MR) is 121 cm³/mol. The summed E-state index contributed by atoms with van der Waals surface area (Å²) in [7, 11) is -4.04. The average molecular weight is 510 g/mol. The van der Waals surface area contributed by atoms with Crippen molar-refractivity contribution in [1.82, 2.24) is 14.3 Å². The first-order chi connectivity index (χ1) is 16.0. The molecule has 0 aliphatic carbocycles. The van der Waals surface area contributed by atoms with E-state index in [-0.39, 0.29) is 38.3 Å². The first-order valence-electron chi connectivity index (χ1n) is 9.62. The van der Waals surface area contributed by atoms with Crippen LogP contribution in [0.2, 0.25) is 5.02 Å². The number of hydrogen-bond acceptors (Lipinski definition) is 4. The summed E-state index contributed by atoms with van der Waals surface area (Å²) in [5, 5.41) is 0.526. The highest BCUT2D eigenvalue weighted by Crippen LogP contribution is 2.36. The van der Waals surface area contributed by atoms with Crippen LogP contribution >= 0.6 is 11.6 Å². The lowest BCUT2D eigenvalue weighted by atomic mass is 10.0. The summed E-state index contributed by atoms with van der Waals surface area (Å²) in [6.07, 6.45) is 2.13. The number of rotatable bonds is 5. The van der Waals surface area contributed by atoms with Crippen LogP contribution < -0.4 is 10.3 Å². The SMILES string of the molecule is CS(=O)(=O)NC(=O)c1c(-c2ccc[nH]c2=O)c2cc(Cl)ccc2n1Cc1ccc(F)c(F)c1F. The second-order valence-corrected chi connectivity index (χ2v) is 9.61. The lowest BCUT2D eigenvalue weighted by Gasteiger charge is -2.13. The monoisotopic (exact) mass is 509 g/mol. The average Bonchev–Trinajstić information content (AvgIpc) is 3.06. The number of amides is 1. The van der Waals surface area contributed by atoms with Gasteiger partial charge in [-0.2, -0.15) is 0 Å². The molecule has 12 heteroatoms. The first-order valence-corrected chi connectivity index (χ1v) is 11.9. The number of nitrogens with one attached hydrogen (secondary N) is 2. The van der Waals surface area contributed by atoms with Crippen molar-refractivity contribution in [1.29, 1.82) is 0 Å². The van der Waals surface area contributed by atoms with Crippen molar-refractivity contribution in [2.75, 3.05) is 6.26 Å². The Labute approximate surface area is 195 Å². The molecular weight excluding hydrogens is 495 g/mol. The topological polar surface area (TPSA) is 101 Å². The maximum Gasteiger partial charge on any atom is 0.282 e. The predicted octanol–water partition coefficient (Wildman–Crippen LogP) is 3.81. The number of benzene rings is 2. The van der Waals surface area contributed by atoms with Crippen molar-refractivity contribution in [2.45, 2.75) is 6.54 Å². The van der Waals surface area contributed by atoms with E-state index in [9.17, 15) is 31.2 Å². The number of sulfonamides is 1. The smallest absolute Gasteiger partial charge is 0.282 e. The molecule has 1 amide bonds. The third kappa shape index (κ3) is 4.31. The quantitative estimate of drug-likeness (QED) is 0.399. The summed E-state index contributed by atoms with van der Waals surface area (Å²) in [5.41, 5.74) is -0.906. The molecule has 2 heterocycles. The molecule has 7 nitrogen and oxygen atoms in total. The highest BCUT2D eigenvalue weighted by atomic mass is 35.5. The van der Waals surface area contributed by atoms with E-state index in [1.807, 2.05) is 4.72 Å². The number of H-pyrrole nitrogens is 1. The molecule has 2 aromatic heterocycles. The second-order valence-electron chi connectivity index (χ2n) is 7.42. The number of halogens is 4. The normalized spacial score (nSPS) is 11.7. The molecule has 34 heavy (non-hydrogen) atoms. The molecule has 0 fully saturated rings. The van der Waals surface area contributed by atoms with Crippen LogP contribution in [0.5, 0.6) is 0 Å². The fourth-order valence-electron chi connectivity index (χ4n) is 3.69. The molecule has 0 spiro atoms. The Bertz CT molecular complexity index is 1630. The zero-order valence-corrected chi connectivity index (χ0v) is 18.9. The maximum absolute atomic E-state index is 14.5. The van der Waals surface area contributed by atoms with E-state index >= 15 is 0 Å². The summed E-state index contributed by atoms with van der Waals surface area (Å²) in [4.78, 5) is 28.2. The van der Waals surface area contributed by atoms with Crippen LogP contribution in [0.25, 0.3) is 22.0 Å². The molecule has 4 rings (SSSR count). The molecule has 4 aromatic rings. The Morgan fingerprint density at radius 1 is 1.12 bits per heavy atom. The van der Waals surface area contributed by atoms with E-state index in [0.29, 0.717) is 0 Å². The molecule has 0 radical (unpaired) electrons. The number of pyridine rings is 1. The number of nitrogens with zero attached hydrogens (tertiary/aromatic N) is 1. The third-order valence-electron chi connectivity index (χ3n) is 5.05. The van der Waals surface area contributed by atoms with Gasteiger partial charge in [0.25, 0.3) is 11.5 Å². The van der Waals surface area contributed by atoms with Crippen molar-refractivity contribution in [3.05, 3.63) is 92.7 Å². The number of carbonyl (C=O) groups is 1. The highest BCUT2D eigenvalue weighted by Gasteiger charge is 2.28. The molecule has 0 saturated heterocycles. The van der Waals surface area contributed by atoms with Gasteiger partial charge in [-0.3, -0.25) is 9.59 Å². The fraction of sp³-hybridized carbons (Fsp3) is 0.0909. The summed E-state index contributed by atoms with van der Waals surface area (Å²) < 4.78 is 68.5. The van der Waals surface area contributed by atoms with E-state index in [0.717, 1.165) is 18.4 Å². The van der Waals surface area contributed by atoms with Crippen LogP contribution in [0.4, 0.5) is 13.2 Å². The van der Waals surface area contributed by atoms with Gasteiger partial charge in [0.1, 0.15) is 5.69 Å². The summed E-state index contributed by atoms with van der Waals surface area (Å²) in [5.74, 6) is -5.67. The largest absolute Gasteiger partial charge is 0.331 e. The van der Waals surface area contributed by atoms with Crippen LogP contribution in [0.15, 0.2) is 53.5 Å². The van der Waals surface area contributed by atoms with Crippen LogP contribution in [0.1, 0.15) is 16.1 Å². The standard InChI is InChI=1S/C22H15ClF3N3O4S/c1-34(32,33)28-22(31)20-17(13-3-2-8-27-21(13)30)14-9-12(23)5-7-16(14)29(20)10-11-4-6-15(24)19(26)18(11)25/h2-9H,10H2,1H3,(H,27,30)(H,28,31). The maximum atomic E-state index is 14.5. The minimum atomic E-state index is -4.04. The molecule has 2 N–H and O–H groups in total. The van der Waals surface area contributed by atoms with Crippen molar-refractivity contribution < 1.29 is 26.4 Å². The Morgan fingerprint density at radius 2 is 1.85 bits per heavy atom. The zero-order chi connectivity index (χ0) is 24.8. The fourth-order valence-corrected chi connectivity index (χ4v) is 4.30. The molecule has 0 aliphatic heterocycles. The number of hydrogen-bond donors (Lipinski definition) is 2. The molecule has 0 bridgehead atoms. The molecule has 0 unspecified atom stereocenters. The molecule has 0 atom stereocenters. The van der Waals surface area contributed by atoms with Gasteiger partial charge in [-0.25, -0.2) is 26.3 Å². The summed E-state index contributed by atoms with van der Waals surface area (Å²) in [6, 6.07) is 9.05. The number of fused-ring (bicyclic) bond motifs is 1. The van der Waals surface area contributed by atoms with Crippen molar-refractivity contribution in [2.24, 2.45) is 0 Å². The first kappa shape index (κ1) is 23.6. The molecular formula is C22H15ClF3N3O4S. The summed E-state index contributed by atoms with van der Waals surface area (Å²) in [6.45, 7) is -0.488. The lowest BCUT2D eigenvalue weighted by molar-refractivity contribution is 0.0974. The van der Waals surface area contributed by atoms with Crippen molar-refractivity contribution in [3.8, 4) is 11.1 Å². The van der Waals surface area contributed by atoms with E-state index in [2.05, 4.69) is 4.98 Å². The van der Waals surface area contributed by atoms with Gasteiger partial charge < -0.3 is 9.55 Å². The van der Waals surface area contributed by atoms with Crippen LogP contribution in [0, 0.1) is 17.5 Å². The van der Waals surface area contributed by atoms with E-state index < -0.39 is 45.5 Å². The highest BCUT2D eigenvalue weighted by molar-refractivity contribution is 7.89. The van der Waals surface area contributed by atoms with Gasteiger partial charge in [-0.05, 0) is 36.4 Å². The zero-order valence-electron chi connectivity index (χ0n) is 17.3. The van der Waals surface area contributed by atoms with Gasteiger partial charge in [-0.1, -0.05) is 17.7 Å². The van der Waals surface area contributed by atoms with Gasteiger partial charge >= 0.3 is 0 Å². The second kappa shape index (κ2) is 8.65. The Balaban J connectivity index is 2.10. The Kier molecular flexibility index (Phi) is 6.00.